The second-order valence-corrected chi connectivity index (χ2v) is 7.12. The van der Waals surface area contributed by atoms with Gasteiger partial charge < -0.3 is 14.8 Å². The number of carbonyl (C=O) groups excluding carboxylic acids is 1. The average Bonchev–Trinajstić information content (AvgIpc) is 2.65. The number of hydrogen-bond acceptors (Lipinski definition) is 5. The Morgan fingerprint density at radius 1 is 1.30 bits per heavy atom. The molecule has 1 aromatic carbocycles. The largest absolute Gasteiger partial charge is 0.624 e. The van der Waals surface area contributed by atoms with Gasteiger partial charge in [-0.1, -0.05) is 17.7 Å². The van der Waals surface area contributed by atoms with E-state index in [0.717, 1.165) is 16.9 Å². The van der Waals surface area contributed by atoms with E-state index in [1.54, 1.807) is 12.1 Å². The maximum absolute atomic E-state index is 13.0. The third-order valence-electron chi connectivity index (χ3n) is 4.87. The fraction of sp³-hybridized carbons (Fsp3) is 0.368. The fourth-order valence-electron chi connectivity index (χ4n) is 3.07. The van der Waals surface area contributed by atoms with E-state index in [4.69, 9.17) is 16.3 Å². The van der Waals surface area contributed by atoms with Crippen LogP contribution in [0.5, 0.6) is 5.88 Å². The Balaban J connectivity index is 1.70. The number of nitrogens with zero attached hydrogens (tertiary/aromatic N) is 3. The molecule has 2 amide bonds. The lowest BCUT2D eigenvalue weighted by Gasteiger charge is -2.45. The molecule has 144 valence electrons. The first kappa shape index (κ1) is 19.4. The molecule has 0 atom stereocenters. The number of quaternary nitrogens is 1. The van der Waals surface area contributed by atoms with Crippen molar-refractivity contribution in [3.63, 3.8) is 0 Å². The number of methoxy groups -OCH3 is 1. The molecule has 1 aliphatic rings. The number of hydroxylamine groups is 3. The van der Waals surface area contributed by atoms with Gasteiger partial charge in [-0.05, 0) is 43.7 Å². The third-order valence-corrected chi connectivity index (χ3v) is 5.11. The number of rotatable bonds is 3. The molecule has 2 heterocycles. The van der Waals surface area contributed by atoms with E-state index in [2.05, 4.69) is 15.2 Å². The van der Waals surface area contributed by atoms with Gasteiger partial charge in [0.1, 0.15) is 18.8 Å². The Bertz CT molecular complexity index is 851. The summed E-state index contributed by atoms with van der Waals surface area (Å²) in [6.07, 6.45) is 0. The number of nitrogens with one attached hydrogen (secondary N) is 1. The van der Waals surface area contributed by atoms with Gasteiger partial charge in [0, 0.05) is 16.4 Å². The van der Waals surface area contributed by atoms with E-state index in [1.165, 1.54) is 7.11 Å². The van der Waals surface area contributed by atoms with E-state index >= 15 is 0 Å². The van der Waals surface area contributed by atoms with Gasteiger partial charge in [-0.3, -0.25) is 9.96 Å². The number of carbonyl (C=O) groups is 1. The number of aromatic nitrogens is 1. The summed E-state index contributed by atoms with van der Waals surface area (Å²) in [7, 11) is 1.48. The number of pyridine rings is 1. The van der Waals surface area contributed by atoms with Gasteiger partial charge in [0.2, 0.25) is 5.88 Å². The Hall–Kier alpha value is -2.35. The highest BCUT2D eigenvalue weighted by Gasteiger charge is 2.33. The summed E-state index contributed by atoms with van der Waals surface area (Å²) in [5.74, 6) is 0.301. The highest BCUT2D eigenvalue weighted by Crippen LogP contribution is 2.27. The molecule has 27 heavy (non-hydrogen) atoms. The molecule has 1 aromatic heterocycles. The lowest BCUT2D eigenvalue weighted by Crippen LogP contribution is -2.60. The van der Waals surface area contributed by atoms with Crippen molar-refractivity contribution in [1.82, 2.24) is 4.98 Å². The second-order valence-electron chi connectivity index (χ2n) is 6.68. The van der Waals surface area contributed by atoms with Gasteiger partial charge >= 0.3 is 6.03 Å². The lowest BCUT2D eigenvalue weighted by atomic mass is 10.2. The summed E-state index contributed by atoms with van der Waals surface area (Å²) in [6, 6.07) is 8.65. The molecule has 0 spiro atoms. The summed E-state index contributed by atoms with van der Waals surface area (Å²) in [4.78, 5) is 19.0. The zero-order valence-corrected chi connectivity index (χ0v) is 16.4. The van der Waals surface area contributed by atoms with Gasteiger partial charge in [-0.15, -0.1) is 0 Å². The van der Waals surface area contributed by atoms with Crippen LogP contribution in [0.25, 0.3) is 0 Å². The van der Waals surface area contributed by atoms with Crippen LogP contribution in [0.4, 0.5) is 16.2 Å². The second kappa shape index (κ2) is 7.72. The molecule has 8 heteroatoms. The maximum atomic E-state index is 13.0. The number of amides is 2. The van der Waals surface area contributed by atoms with Crippen molar-refractivity contribution in [1.29, 1.82) is 0 Å². The highest BCUT2D eigenvalue weighted by atomic mass is 35.5. The minimum absolute atomic E-state index is 0.152. The van der Waals surface area contributed by atoms with Crippen LogP contribution >= 0.6 is 11.6 Å². The Morgan fingerprint density at radius 2 is 2.00 bits per heavy atom. The van der Waals surface area contributed by atoms with Gasteiger partial charge in [0.05, 0.1) is 20.2 Å². The van der Waals surface area contributed by atoms with Crippen molar-refractivity contribution in [2.45, 2.75) is 13.8 Å². The van der Waals surface area contributed by atoms with Gasteiger partial charge in [0.25, 0.3) is 0 Å². The van der Waals surface area contributed by atoms with Crippen LogP contribution in [0.1, 0.15) is 11.3 Å². The van der Waals surface area contributed by atoms with Crippen LogP contribution in [-0.4, -0.2) is 49.0 Å². The van der Waals surface area contributed by atoms with E-state index in [-0.39, 0.29) is 13.1 Å². The number of ether oxygens (including phenoxy) is 1. The van der Waals surface area contributed by atoms with E-state index < -0.39 is 10.7 Å². The van der Waals surface area contributed by atoms with Gasteiger partial charge in [-0.2, -0.15) is 0 Å². The summed E-state index contributed by atoms with van der Waals surface area (Å²) in [6.45, 7) is 5.00. The van der Waals surface area contributed by atoms with E-state index in [9.17, 15) is 10.0 Å². The number of benzene rings is 1. The minimum atomic E-state index is -0.937. The standard InChI is InChI=1S/C19H23ClN4O3/c1-13-11-17(18(27-3)21-14(13)2)22-19(25)24(26)9-7-23(8-10-24)16-6-4-5-15(20)12-16/h4-6,11-12H,7-10H2,1-3H3,(H,22,25). The first-order valence-corrected chi connectivity index (χ1v) is 9.12. The smallest absolute Gasteiger partial charge is 0.421 e. The molecule has 1 fully saturated rings. The van der Waals surface area contributed by atoms with Crippen molar-refractivity contribution in [3.8, 4) is 5.88 Å². The minimum Gasteiger partial charge on any atom is -0.624 e. The van der Waals surface area contributed by atoms with Crippen molar-refractivity contribution < 1.29 is 14.2 Å². The molecule has 0 bridgehead atoms. The molecular weight excluding hydrogens is 368 g/mol. The van der Waals surface area contributed by atoms with Crippen molar-refractivity contribution in [2.75, 3.05) is 43.5 Å². The number of anilines is 2. The zero-order chi connectivity index (χ0) is 19.6. The van der Waals surface area contributed by atoms with Crippen LogP contribution in [-0.2, 0) is 0 Å². The first-order valence-electron chi connectivity index (χ1n) is 8.75. The molecule has 2 aromatic rings. The molecule has 3 rings (SSSR count). The van der Waals surface area contributed by atoms with Crippen LogP contribution in [0.3, 0.4) is 0 Å². The fourth-order valence-corrected chi connectivity index (χ4v) is 3.25. The Morgan fingerprint density at radius 3 is 2.63 bits per heavy atom. The molecule has 0 aliphatic carbocycles. The number of hydrogen-bond donors (Lipinski definition) is 1. The summed E-state index contributed by atoms with van der Waals surface area (Å²) >= 11 is 6.04. The predicted octanol–water partition coefficient (Wildman–Crippen LogP) is 3.73. The molecule has 0 saturated carbocycles. The van der Waals surface area contributed by atoms with Crippen molar-refractivity contribution in [3.05, 3.63) is 51.8 Å². The monoisotopic (exact) mass is 390 g/mol. The zero-order valence-electron chi connectivity index (χ0n) is 15.7. The summed E-state index contributed by atoms with van der Waals surface area (Å²) < 4.78 is 4.30. The molecule has 0 unspecified atom stereocenters. The van der Waals surface area contributed by atoms with Crippen molar-refractivity contribution in [2.24, 2.45) is 0 Å². The number of piperazine rings is 1. The first-order chi connectivity index (χ1) is 12.8. The molecule has 7 nitrogen and oxygen atoms in total. The normalized spacial score (nSPS) is 16.1. The average molecular weight is 391 g/mol. The Labute approximate surface area is 163 Å². The summed E-state index contributed by atoms with van der Waals surface area (Å²) in [5, 5.41) is 16.4. The van der Waals surface area contributed by atoms with Gasteiger partial charge in [0.15, 0.2) is 0 Å². The molecule has 0 radical (unpaired) electrons. The van der Waals surface area contributed by atoms with E-state index in [1.807, 2.05) is 32.0 Å². The highest BCUT2D eigenvalue weighted by molar-refractivity contribution is 6.30. The number of aryl methyl sites for hydroxylation is 2. The van der Waals surface area contributed by atoms with Crippen LogP contribution in [0, 0.1) is 19.1 Å². The molecule has 1 N–H and O–H groups in total. The third kappa shape index (κ3) is 4.16. The molecule has 1 saturated heterocycles. The Kier molecular flexibility index (Phi) is 5.55. The molecule has 1 aliphatic heterocycles. The van der Waals surface area contributed by atoms with E-state index in [0.29, 0.717) is 29.7 Å². The SMILES string of the molecule is COc1nc(C)c(C)cc1NC(=O)[N+]1([O-])CCN(c2cccc(Cl)c2)CC1. The van der Waals surface area contributed by atoms with Gasteiger partial charge in [-0.25, -0.2) is 9.78 Å². The summed E-state index contributed by atoms with van der Waals surface area (Å²) in [5.41, 5.74) is 3.09. The number of halogens is 1. The predicted molar refractivity (Wildman–Crippen MR) is 106 cm³/mol. The molecular formula is C19H23ClN4O3. The lowest BCUT2D eigenvalue weighted by molar-refractivity contribution is -0.797. The van der Waals surface area contributed by atoms with Crippen LogP contribution < -0.4 is 15.0 Å². The quantitative estimate of drug-likeness (QED) is 0.638. The topological polar surface area (TPSA) is 77.5 Å². The number of urea groups is 1. The van der Waals surface area contributed by atoms with Crippen LogP contribution in [0.15, 0.2) is 30.3 Å². The van der Waals surface area contributed by atoms with Crippen molar-refractivity contribution >= 4 is 29.0 Å². The maximum Gasteiger partial charge on any atom is 0.421 e. The van der Waals surface area contributed by atoms with Crippen LogP contribution in [0.2, 0.25) is 5.02 Å².